The van der Waals surface area contributed by atoms with E-state index >= 15 is 0 Å². The second kappa shape index (κ2) is 14.1. The number of H-pyrrole nitrogens is 3. The molecule has 0 aliphatic heterocycles. The first kappa shape index (κ1) is 32.6. The number of hydrogen-bond donors (Lipinski definition) is 4. The van der Waals surface area contributed by atoms with E-state index in [1.54, 1.807) is 31.3 Å². The Morgan fingerprint density at radius 3 is 1.73 bits per heavy atom. The fourth-order valence-corrected chi connectivity index (χ4v) is 3.76. The van der Waals surface area contributed by atoms with Crippen LogP contribution in [0.15, 0.2) is 42.1 Å². The number of amides is 5. The second-order valence-electron chi connectivity index (χ2n) is 9.49. The third-order valence-corrected chi connectivity index (χ3v) is 6.21. The second-order valence-corrected chi connectivity index (χ2v) is 9.49. The normalized spacial score (nSPS) is 10.5. The van der Waals surface area contributed by atoms with Gasteiger partial charge in [-0.15, -0.1) is 17.3 Å². The van der Waals surface area contributed by atoms with Crippen LogP contribution >= 0.6 is 12.4 Å². The summed E-state index contributed by atoms with van der Waals surface area (Å²) in [5.41, 5.74) is 1.98. The Morgan fingerprint density at radius 1 is 0.732 bits per heavy atom. The van der Waals surface area contributed by atoms with Gasteiger partial charge in [0.2, 0.25) is 0 Å². The maximum Gasteiger partial charge on any atom is 0.344 e. The predicted molar refractivity (Wildman–Crippen MR) is 158 cm³/mol. The number of halogens is 1. The van der Waals surface area contributed by atoms with E-state index in [2.05, 4.69) is 30.5 Å². The zero-order valence-electron chi connectivity index (χ0n) is 23.7. The molecule has 0 bridgehead atoms. The minimum absolute atomic E-state index is 0. The molecule has 0 saturated carbocycles. The van der Waals surface area contributed by atoms with Gasteiger partial charge < -0.3 is 39.9 Å². The first-order chi connectivity index (χ1) is 18.9. The van der Waals surface area contributed by atoms with E-state index < -0.39 is 11.9 Å². The van der Waals surface area contributed by atoms with Crippen LogP contribution < -0.4 is 15.1 Å². The lowest BCUT2D eigenvalue weighted by Gasteiger charge is -2.18. The van der Waals surface area contributed by atoms with Crippen molar-refractivity contribution in [3.63, 3.8) is 0 Å². The molecule has 0 unspecified atom stereocenters. The summed E-state index contributed by atoms with van der Waals surface area (Å²) in [5, 5.41) is 5.51. The summed E-state index contributed by atoms with van der Waals surface area (Å²) in [7, 11) is 10.0. The topological polar surface area (TPSA) is 173 Å². The fraction of sp³-hybridized carbons (Fsp3) is 0.360. The average molecular weight is 591 g/mol. The first-order valence-electron chi connectivity index (χ1n) is 12.3. The van der Waals surface area contributed by atoms with Crippen LogP contribution in [0.25, 0.3) is 0 Å². The molecule has 5 amide bonds. The smallest absolute Gasteiger partial charge is 0.344 e. The molecule has 0 fully saturated rings. The van der Waals surface area contributed by atoms with Crippen LogP contribution in [-0.4, -0.2) is 109 Å². The molecule has 16 heteroatoms. The van der Waals surface area contributed by atoms with Crippen LogP contribution in [0.1, 0.15) is 37.9 Å². The van der Waals surface area contributed by atoms with Gasteiger partial charge in [-0.25, -0.2) is 4.79 Å². The van der Waals surface area contributed by atoms with Crippen molar-refractivity contribution in [1.29, 1.82) is 0 Å². The van der Waals surface area contributed by atoms with Gasteiger partial charge in [-0.3, -0.25) is 14.4 Å². The summed E-state index contributed by atoms with van der Waals surface area (Å²) in [4.78, 5) is 76.0. The van der Waals surface area contributed by atoms with Crippen molar-refractivity contribution in [2.24, 2.45) is 5.29 Å². The molecule has 0 saturated heterocycles. The van der Waals surface area contributed by atoms with E-state index in [1.165, 1.54) is 48.4 Å². The third-order valence-electron chi connectivity index (χ3n) is 6.21. The molecule has 0 aliphatic carbocycles. The van der Waals surface area contributed by atoms with Crippen LogP contribution in [0.3, 0.4) is 0 Å². The van der Waals surface area contributed by atoms with Crippen molar-refractivity contribution in [3.8, 4) is 0 Å². The van der Waals surface area contributed by atoms with Crippen molar-refractivity contribution in [3.05, 3.63) is 58.8 Å². The minimum Gasteiger partial charge on any atom is -0.355 e. The minimum atomic E-state index is -0.759. The monoisotopic (exact) mass is 590 g/mol. The van der Waals surface area contributed by atoms with Crippen LogP contribution in [0.4, 0.5) is 21.9 Å². The number of urea groups is 1. The quantitative estimate of drug-likeness (QED) is 0.197. The zero-order valence-corrected chi connectivity index (χ0v) is 24.5. The van der Waals surface area contributed by atoms with Gasteiger partial charge >= 0.3 is 6.03 Å². The Labute approximate surface area is 243 Å². The highest BCUT2D eigenvalue weighted by Gasteiger charge is 2.22. The highest BCUT2D eigenvalue weighted by atomic mass is 35.5. The van der Waals surface area contributed by atoms with Crippen LogP contribution in [0.5, 0.6) is 0 Å². The van der Waals surface area contributed by atoms with Crippen molar-refractivity contribution in [2.75, 3.05) is 70.5 Å². The third kappa shape index (κ3) is 7.95. The van der Waals surface area contributed by atoms with Gasteiger partial charge in [-0.05, 0) is 45.3 Å². The Hall–Kier alpha value is -4.63. The molecule has 0 aromatic carbocycles. The number of carbonyl (C=O) groups excluding carboxylic acids is 4. The van der Waals surface area contributed by atoms with Gasteiger partial charge in [0.1, 0.15) is 17.1 Å². The van der Waals surface area contributed by atoms with E-state index in [9.17, 15) is 24.1 Å². The summed E-state index contributed by atoms with van der Waals surface area (Å²) in [6, 6.07) is 3.80. The van der Waals surface area contributed by atoms with E-state index in [0.717, 1.165) is 13.0 Å². The molecular weight excluding hydrogens is 556 g/mol. The molecule has 3 aromatic rings. The number of rotatable bonds is 11. The lowest BCUT2D eigenvalue weighted by atomic mass is 10.3. The largest absolute Gasteiger partial charge is 0.355 e. The van der Waals surface area contributed by atoms with Crippen LogP contribution in [0.2, 0.25) is 0 Å². The molecule has 0 spiro atoms. The van der Waals surface area contributed by atoms with E-state index in [0.29, 0.717) is 28.6 Å². The zero-order chi connectivity index (χ0) is 29.6. The molecular formula is C25H35ClN10O5. The van der Waals surface area contributed by atoms with E-state index in [-0.39, 0.29) is 41.3 Å². The summed E-state index contributed by atoms with van der Waals surface area (Å²) >= 11 is 0. The Morgan fingerprint density at radius 2 is 1.22 bits per heavy atom. The number of anilines is 3. The van der Waals surface area contributed by atoms with Gasteiger partial charge in [-0.2, -0.15) is 5.01 Å². The number of nitrogens with zero attached hydrogens (tertiary/aromatic N) is 6. The molecule has 15 nitrogen and oxygen atoms in total. The molecule has 0 radical (unpaired) electrons. The number of aromatic nitrogens is 3. The number of hydrogen-bond acceptors (Lipinski definition) is 7. The SMILES string of the molecule is CN(C)CCCN(C)C(=O)c1cc(N(C)C(=O)c2cc(N(C)C(=O)c3cc(NC(=O)N(C)N=O)c[nH]3)c[nH]2)c[nH]1.Cl. The van der Waals surface area contributed by atoms with Gasteiger partial charge in [0, 0.05) is 53.3 Å². The number of aromatic amines is 3. The van der Waals surface area contributed by atoms with Crippen molar-refractivity contribution < 1.29 is 19.2 Å². The first-order valence-corrected chi connectivity index (χ1v) is 12.3. The predicted octanol–water partition coefficient (Wildman–Crippen LogP) is 2.81. The Bertz CT molecular complexity index is 1380. The van der Waals surface area contributed by atoms with Crippen molar-refractivity contribution >= 4 is 53.2 Å². The van der Waals surface area contributed by atoms with Gasteiger partial charge in [0.05, 0.1) is 22.3 Å². The lowest BCUT2D eigenvalue weighted by Crippen LogP contribution is -2.30. The van der Waals surface area contributed by atoms with E-state index in [4.69, 9.17) is 0 Å². The average Bonchev–Trinajstić information content (AvgIpc) is 3.71. The van der Waals surface area contributed by atoms with Gasteiger partial charge in [0.15, 0.2) is 0 Å². The summed E-state index contributed by atoms with van der Waals surface area (Å²) < 4.78 is 0. The molecule has 3 heterocycles. The van der Waals surface area contributed by atoms with Crippen molar-refractivity contribution in [2.45, 2.75) is 6.42 Å². The molecule has 0 aliphatic rings. The summed E-state index contributed by atoms with van der Waals surface area (Å²) in [5.74, 6) is -0.980. The summed E-state index contributed by atoms with van der Waals surface area (Å²) in [6.07, 6.45) is 5.34. The molecule has 3 rings (SSSR count). The maximum atomic E-state index is 13.1. The van der Waals surface area contributed by atoms with Gasteiger partial charge in [-0.1, -0.05) is 0 Å². The fourth-order valence-electron chi connectivity index (χ4n) is 3.76. The van der Waals surface area contributed by atoms with E-state index in [1.807, 2.05) is 14.1 Å². The molecule has 3 aromatic heterocycles. The molecule has 41 heavy (non-hydrogen) atoms. The number of carbonyl (C=O) groups is 4. The highest BCUT2D eigenvalue weighted by molar-refractivity contribution is 6.08. The molecule has 0 atom stereocenters. The van der Waals surface area contributed by atoms with Crippen molar-refractivity contribution in [1.82, 2.24) is 29.8 Å². The van der Waals surface area contributed by atoms with Gasteiger partial charge in [0.25, 0.3) is 17.7 Å². The highest BCUT2D eigenvalue weighted by Crippen LogP contribution is 2.22. The molecule has 4 N–H and O–H groups in total. The Kier molecular flexibility index (Phi) is 11.2. The number of nitroso groups, excluding NO2 is 1. The van der Waals surface area contributed by atoms with Crippen LogP contribution in [-0.2, 0) is 0 Å². The maximum absolute atomic E-state index is 13.1. The molecule has 222 valence electrons. The Balaban J connectivity index is 0.00000588. The lowest BCUT2D eigenvalue weighted by molar-refractivity contribution is 0.0785. The van der Waals surface area contributed by atoms with Crippen LogP contribution in [0, 0.1) is 4.91 Å². The standard InChI is InChI=1S/C25H34N10O5.ClH/c1-31(2)8-7-9-32(3)22(36)20-11-17(14-27-20)34(5)24(38)21-12-18(15-28-21)33(4)23(37)19-10-16(13-26-19)29-25(39)35(6)30-40;/h10-15,26-28H,7-9H2,1-6H3,(H,29,39);1H. The summed E-state index contributed by atoms with van der Waals surface area (Å²) in [6.45, 7) is 1.47. The number of nitrogens with one attached hydrogen (secondary N) is 4.